The van der Waals surface area contributed by atoms with Crippen LogP contribution in [0.2, 0.25) is 5.02 Å². The van der Waals surface area contributed by atoms with Crippen LogP contribution in [0.3, 0.4) is 0 Å². The minimum Gasteiger partial charge on any atom is -0.495 e. The number of nitrogens with one attached hydrogen (secondary N) is 1. The number of nitrogens with zero attached hydrogens (tertiary/aromatic N) is 1. The van der Waals surface area contributed by atoms with Gasteiger partial charge in [-0.3, -0.25) is 0 Å². The molecule has 0 amide bonds. The number of aryl methyl sites for hydroxylation is 1. The van der Waals surface area contributed by atoms with Gasteiger partial charge in [-0.1, -0.05) is 18.5 Å². The predicted octanol–water partition coefficient (Wildman–Crippen LogP) is 3.99. The van der Waals surface area contributed by atoms with Gasteiger partial charge in [-0.25, -0.2) is 4.98 Å². The van der Waals surface area contributed by atoms with Crippen LogP contribution in [0.1, 0.15) is 17.6 Å². The second-order valence-corrected chi connectivity index (χ2v) is 5.48. The Labute approximate surface area is 127 Å². The Morgan fingerprint density at radius 1 is 1.25 bits per heavy atom. The van der Waals surface area contributed by atoms with E-state index in [1.54, 1.807) is 37.7 Å². The molecule has 0 unspecified atom stereocenters. The van der Waals surface area contributed by atoms with E-state index in [9.17, 15) is 0 Å². The highest BCUT2D eigenvalue weighted by Crippen LogP contribution is 2.36. The molecule has 1 aromatic carbocycles. The predicted molar refractivity (Wildman–Crippen MR) is 83.4 cm³/mol. The summed E-state index contributed by atoms with van der Waals surface area (Å²) >= 11 is 7.81. The Hall–Kier alpha value is -1.46. The maximum atomic E-state index is 6.13. The van der Waals surface area contributed by atoms with Crippen molar-refractivity contribution in [2.24, 2.45) is 0 Å². The average Bonchev–Trinajstić information content (AvgIpc) is 2.93. The molecule has 20 heavy (non-hydrogen) atoms. The monoisotopic (exact) mass is 312 g/mol. The highest BCUT2D eigenvalue weighted by molar-refractivity contribution is 7.09. The van der Waals surface area contributed by atoms with E-state index in [4.69, 9.17) is 21.1 Å². The number of halogens is 1. The first kappa shape index (κ1) is 14.9. The minimum atomic E-state index is 0.545. The van der Waals surface area contributed by atoms with Gasteiger partial charge in [0, 0.05) is 11.4 Å². The number of benzene rings is 1. The van der Waals surface area contributed by atoms with E-state index in [0.717, 1.165) is 22.8 Å². The quantitative estimate of drug-likeness (QED) is 0.876. The molecule has 0 bridgehead atoms. The van der Waals surface area contributed by atoms with Crippen LogP contribution in [0.4, 0.5) is 5.69 Å². The first-order valence-corrected chi connectivity index (χ1v) is 7.52. The molecule has 0 fully saturated rings. The number of rotatable bonds is 6. The third-order valence-corrected chi connectivity index (χ3v) is 4.17. The number of thiazole rings is 1. The number of aromatic nitrogens is 1. The number of anilines is 1. The van der Waals surface area contributed by atoms with E-state index in [1.165, 1.54) is 0 Å². The van der Waals surface area contributed by atoms with Crippen molar-refractivity contribution >= 4 is 28.6 Å². The molecule has 0 aliphatic carbocycles. The van der Waals surface area contributed by atoms with Crippen LogP contribution in [-0.2, 0) is 13.0 Å². The first-order valence-electron chi connectivity index (χ1n) is 6.26. The molecule has 4 nitrogen and oxygen atoms in total. The maximum Gasteiger partial charge on any atom is 0.145 e. The number of ether oxygens (including phenoxy) is 2. The van der Waals surface area contributed by atoms with Gasteiger partial charge in [-0.2, -0.15) is 0 Å². The van der Waals surface area contributed by atoms with Crippen LogP contribution in [0, 0.1) is 0 Å². The minimum absolute atomic E-state index is 0.545. The SMILES string of the molecule is CCc1nc(CNc2cc(Cl)c(OC)cc2OC)cs1. The zero-order valence-corrected chi connectivity index (χ0v) is 13.3. The lowest BCUT2D eigenvalue weighted by Crippen LogP contribution is -2.02. The summed E-state index contributed by atoms with van der Waals surface area (Å²) in [6.45, 7) is 2.73. The molecule has 1 aromatic heterocycles. The summed E-state index contributed by atoms with van der Waals surface area (Å²) in [5.41, 5.74) is 1.84. The van der Waals surface area contributed by atoms with E-state index < -0.39 is 0 Å². The fourth-order valence-electron chi connectivity index (χ4n) is 1.78. The Kier molecular flexibility index (Phi) is 5.09. The van der Waals surface area contributed by atoms with Crippen molar-refractivity contribution in [2.45, 2.75) is 19.9 Å². The molecule has 0 atom stereocenters. The van der Waals surface area contributed by atoms with Crippen LogP contribution in [0.15, 0.2) is 17.5 Å². The molecule has 108 valence electrons. The van der Waals surface area contributed by atoms with Gasteiger partial charge in [0.05, 0.1) is 42.2 Å². The number of hydrogen-bond donors (Lipinski definition) is 1. The summed E-state index contributed by atoms with van der Waals surface area (Å²) < 4.78 is 10.5. The van der Waals surface area contributed by atoms with Gasteiger partial charge < -0.3 is 14.8 Å². The molecule has 0 aliphatic rings. The Morgan fingerprint density at radius 3 is 2.60 bits per heavy atom. The second-order valence-electron chi connectivity index (χ2n) is 4.13. The van der Waals surface area contributed by atoms with Crippen LogP contribution in [-0.4, -0.2) is 19.2 Å². The van der Waals surface area contributed by atoms with Gasteiger partial charge in [-0.15, -0.1) is 11.3 Å². The van der Waals surface area contributed by atoms with Gasteiger partial charge >= 0.3 is 0 Å². The van der Waals surface area contributed by atoms with Crippen molar-refractivity contribution in [3.05, 3.63) is 33.2 Å². The lowest BCUT2D eigenvalue weighted by atomic mass is 10.2. The van der Waals surface area contributed by atoms with Gasteiger partial charge in [-0.05, 0) is 12.5 Å². The summed E-state index contributed by atoms with van der Waals surface area (Å²) in [6.07, 6.45) is 0.961. The highest BCUT2D eigenvalue weighted by Gasteiger charge is 2.10. The van der Waals surface area contributed by atoms with Crippen LogP contribution < -0.4 is 14.8 Å². The average molecular weight is 313 g/mol. The summed E-state index contributed by atoms with van der Waals surface area (Å²) in [4.78, 5) is 4.51. The summed E-state index contributed by atoms with van der Waals surface area (Å²) in [6, 6.07) is 3.56. The summed E-state index contributed by atoms with van der Waals surface area (Å²) in [5.74, 6) is 1.29. The molecule has 0 saturated carbocycles. The normalized spacial score (nSPS) is 10.4. The molecule has 0 spiro atoms. The van der Waals surface area contributed by atoms with Crippen molar-refractivity contribution in [2.75, 3.05) is 19.5 Å². The van der Waals surface area contributed by atoms with Crippen molar-refractivity contribution in [3.8, 4) is 11.5 Å². The van der Waals surface area contributed by atoms with E-state index >= 15 is 0 Å². The highest BCUT2D eigenvalue weighted by atomic mass is 35.5. The van der Waals surface area contributed by atoms with Crippen molar-refractivity contribution in [3.63, 3.8) is 0 Å². The van der Waals surface area contributed by atoms with Gasteiger partial charge in [0.15, 0.2) is 0 Å². The first-order chi connectivity index (χ1) is 9.67. The third-order valence-electron chi connectivity index (χ3n) is 2.84. The van der Waals surface area contributed by atoms with Crippen molar-refractivity contribution in [1.82, 2.24) is 4.98 Å². The summed E-state index contributed by atoms with van der Waals surface area (Å²) in [7, 11) is 3.20. The topological polar surface area (TPSA) is 43.4 Å². The Morgan fingerprint density at radius 2 is 2.00 bits per heavy atom. The van der Waals surface area contributed by atoms with Gasteiger partial charge in [0.25, 0.3) is 0 Å². The number of hydrogen-bond acceptors (Lipinski definition) is 5. The Bertz CT molecular complexity index is 587. The van der Waals surface area contributed by atoms with Gasteiger partial charge in [0.2, 0.25) is 0 Å². The number of methoxy groups -OCH3 is 2. The molecule has 0 aliphatic heterocycles. The van der Waals surface area contributed by atoms with Crippen LogP contribution in [0.25, 0.3) is 0 Å². The maximum absolute atomic E-state index is 6.13. The molecule has 0 saturated heterocycles. The van der Waals surface area contributed by atoms with E-state index in [-0.39, 0.29) is 0 Å². The van der Waals surface area contributed by atoms with Crippen LogP contribution in [0.5, 0.6) is 11.5 Å². The van der Waals surface area contributed by atoms with E-state index in [2.05, 4.69) is 22.6 Å². The third kappa shape index (κ3) is 3.35. The van der Waals surface area contributed by atoms with Crippen molar-refractivity contribution < 1.29 is 9.47 Å². The molecule has 1 N–H and O–H groups in total. The molecule has 2 aromatic rings. The standard InChI is InChI=1S/C14H17ClN2O2S/c1-4-14-17-9(8-20-14)7-16-11-5-10(15)12(18-2)6-13(11)19-3/h5-6,8,16H,4,7H2,1-3H3. The van der Waals surface area contributed by atoms with Crippen LogP contribution >= 0.6 is 22.9 Å². The Balaban J connectivity index is 2.14. The lowest BCUT2D eigenvalue weighted by Gasteiger charge is -2.13. The zero-order valence-electron chi connectivity index (χ0n) is 11.7. The molecular weight excluding hydrogens is 296 g/mol. The zero-order chi connectivity index (χ0) is 14.5. The largest absolute Gasteiger partial charge is 0.495 e. The lowest BCUT2D eigenvalue weighted by molar-refractivity contribution is 0.395. The molecule has 2 rings (SSSR count). The smallest absolute Gasteiger partial charge is 0.145 e. The summed E-state index contributed by atoms with van der Waals surface area (Å²) in [5, 5.41) is 7.03. The van der Waals surface area contributed by atoms with Gasteiger partial charge in [0.1, 0.15) is 11.5 Å². The molecular formula is C14H17ClN2O2S. The van der Waals surface area contributed by atoms with Crippen molar-refractivity contribution in [1.29, 1.82) is 0 Å². The van der Waals surface area contributed by atoms with E-state index in [1.807, 2.05) is 0 Å². The van der Waals surface area contributed by atoms with E-state index in [0.29, 0.717) is 23.1 Å². The molecule has 0 radical (unpaired) electrons. The fourth-order valence-corrected chi connectivity index (χ4v) is 2.76. The molecule has 1 heterocycles. The molecule has 6 heteroatoms. The fraction of sp³-hybridized carbons (Fsp3) is 0.357. The second kappa shape index (κ2) is 6.81.